The molecule has 2 aromatic carbocycles. The summed E-state index contributed by atoms with van der Waals surface area (Å²) >= 11 is 3.36. The zero-order chi connectivity index (χ0) is 13.7. The average Bonchev–Trinajstić information content (AvgIpc) is 2.43. The second-order valence-corrected chi connectivity index (χ2v) is 5.38. The first kappa shape index (κ1) is 14.2. The molecule has 0 bridgehead atoms. The molecule has 0 unspecified atom stereocenters. The standard InChI is InChI=1S/C16H17BrFN/c1-2-12-5-3-4-6-13(12)10-19-11-14-9-15(17)7-8-16(14)18/h3-9,19H,2,10-11H2,1H3. The van der Waals surface area contributed by atoms with Gasteiger partial charge in [-0.2, -0.15) is 0 Å². The van der Waals surface area contributed by atoms with E-state index in [1.165, 1.54) is 17.2 Å². The number of benzene rings is 2. The summed E-state index contributed by atoms with van der Waals surface area (Å²) in [6, 6.07) is 13.4. The maximum Gasteiger partial charge on any atom is 0.127 e. The minimum Gasteiger partial charge on any atom is -0.309 e. The molecule has 0 saturated carbocycles. The van der Waals surface area contributed by atoms with E-state index >= 15 is 0 Å². The molecule has 0 aliphatic heterocycles. The van der Waals surface area contributed by atoms with Crippen LogP contribution in [0.3, 0.4) is 0 Å². The van der Waals surface area contributed by atoms with Gasteiger partial charge < -0.3 is 5.32 Å². The van der Waals surface area contributed by atoms with Gasteiger partial charge in [-0.3, -0.25) is 0 Å². The average molecular weight is 322 g/mol. The van der Waals surface area contributed by atoms with Crippen molar-refractivity contribution < 1.29 is 4.39 Å². The first-order valence-corrected chi connectivity index (χ1v) is 7.21. The molecular weight excluding hydrogens is 305 g/mol. The summed E-state index contributed by atoms with van der Waals surface area (Å²) in [5.41, 5.74) is 3.30. The first-order chi connectivity index (χ1) is 9.20. The summed E-state index contributed by atoms with van der Waals surface area (Å²) in [7, 11) is 0. The topological polar surface area (TPSA) is 12.0 Å². The predicted molar refractivity (Wildman–Crippen MR) is 80.5 cm³/mol. The van der Waals surface area contributed by atoms with Crippen LogP contribution in [0.4, 0.5) is 4.39 Å². The Kier molecular flexibility index (Phi) is 5.11. The van der Waals surface area contributed by atoms with Gasteiger partial charge in [0.05, 0.1) is 0 Å². The first-order valence-electron chi connectivity index (χ1n) is 6.42. The van der Waals surface area contributed by atoms with Crippen LogP contribution in [0, 0.1) is 5.82 Å². The van der Waals surface area contributed by atoms with Gasteiger partial charge in [-0.25, -0.2) is 4.39 Å². The zero-order valence-corrected chi connectivity index (χ0v) is 12.5. The lowest BCUT2D eigenvalue weighted by molar-refractivity contribution is 0.587. The molecule has 1 N–H and O–H groups in total. The van der Waals surface area contributed by atoms with Crippen LogP contribution in [-0.4, -0.2) is 0 Å². The molecule has 0 aliphatic carbocycles. The number of aryl methyl sites for hydroxylation is 1. The van der Waals surface area contributed by atoms with Crippen molar-refractivity contribution >= 4 is 15.9 Å². The smallest absolute Gasteiger partial charge is 0.127 e. The number of rotatable bonds is 5. The Morgan fingerprint density at radius 2 is 1.68 bits per heavy atom. The molecule has 2 aromatic rings. The van der Waals surface area contributed by atoms with E-state index in [9.17, 15) is 4.39 Å². The number of hydrogen-bond acceptors (Lipinski definition) is 1. The van der Waals surface area contributed by atoms with E-state index in [0.717, 1.165) is 17.4 Å². The lowest BCUT2D eigenvalue weighted by Gasteiger charge is -2.10. The highest BCUT2D eigenvalue weighted by atomic mass is 79.9. The molecule has 0 atom stereocenters. The van der Waals surface area contributed by atoms with E-state index in [4.69, 9.17) is 0 Å². The summed E-state index contributed by atoms with van der Waals surface area (Å²) in [5, 5.41) is 3.30. The Bertz CT molecular complexity index is 554. The van der Waals surface area contributed by atoms with Gasteiger partial charge in [0.2, 0.25) is 0 Å². The van der Waals surface area contributed by atoms with Crippen LogP contribution in [0.5, 0.6) is 0 Å². The van der Waals surface area contributed by atoms with Crippen LogP contribution in [0.2, 0.25) is 0 Å². The monoisotopic (exact) mass is 321 g/mol. The van der Waals surface area contributed by atoms with Crippen molar-refractivity contribution in [3.8, 4) is 0 Å². The highest BCUT2D eigenvalue weighted by Gasteiger charge is 2.03. The van der Waals surface area contributed by atoms with Gasteiger partial charge >= 0.3 is 0 Å². The second-order valence-electron chi connectivity index (χ2n) is 4.46. The quantitative estimate of drug-likeness (QED) is 0.858. The molecule has 0 aromatic heterocycles. The SMILES string of the molecule is CCc1ccccc1CNCc1cc(Br)ccc1F. The van der Waals surface area contributed by atoms with E-state index in [2.05, 4.69) is 46.4 Å². The summed E-state index contributed by atoms with van der Waals surface area (Å²) in [4.78, 5) is 0. The van der Waals surface area contributed by atoms with E-state index in [-0.39, 0.29) is 5.82 Å². The van der Waals surface area contributed by atoms with Gasteiger partial charge in [0.1, 0.15) is 5.82 Å². The Labute approximate surface area is 122 Å². The molecule has 0 fully saturated rings. The number of halogens is 2. The molecule has 0 spiro atoms. The summed E-state index contributed by atoms with van der Waals surface area (Å²) < 4.78 is 14.5. The fourth-order valence-electron chi connectivity index (χ4n) is 2.09. The molecule has 0 radical (unpaired) electrons. The van der Waals surface area contributed by atoms with Gasteiger partial charge in [0.25, 0.3) is 0 Å². The second kappa shape index (κ2) is 6.83. The molecule has 0 amide bonds. The molecule has 0 saturated heterocycles. The largest absolute Gasteiger partial charge is 0.309 e. The van der Waals surface area contributed by atoms with Crippen molar-refractivity contribution in [3.63, 3.8) is 0 Å². The van der Waals surface area contributed by atoms with E-state index in [1.807, 2.05) is 12.1 Å². The van der Waals surface area contributed by atoms with Crippen LogP contribution in [-0.2, 0) is 19.5 Å². The van der Waals surface area contributed by atoms with E-state index in [0.29, 0.717) is 12.1 Å². The molecule has 0 aliphatic rings. The van der Waals surface area contributed by atoms with Gasteiger partial charge in [-0.1, -0.05) is 47.1 Å². The molecule has 0 heterocycles. The molecule has 1 nitrogen and oxygen atoms in total. The van der Waals surface area contributed by atoms with Crippen LogP contribution in [0.1, 0.15) is 23.6 Å². The Morgan fingerprint density at radius 1 is 1.00 bits per heavy atom. The van der Waals surface area contributed by atoms with Crippen LogP contribution in [0.15, 0.2) is 46.9 Å². The third kappa shape index (κ3) is 3.88. The third-order valence-electron chi connectivity index (χ3n) is 3.14. The summed E-state index contributed by atoms with van der Waals surface area (Å²) in [6.07, 6.45) is 1.02. The Balaban J connectivity index is 1.98. The van der Waals surface area contributed by atoms with Crippen LogP contribution < -0.4 is 5.32 Å². The normalized spacial score (nSPS) is 10.7. The maximum atomic E-state index is 13.6. The highest BCUT2D eigenvalue weighted by molar-refractivity contribution is 9.10. The summed E-state index contributed by atoms with van der Waals surface area (Å²) in [6.45, 7) is 3.44. The van der Waals surface area contributed by atoms with Crippen molar-refractivity contribution in [2.45, 2.75) is 26.4 Å². The fourth-order valence-corrected chi connectivity index (χ4v) is 2.49. The zero-order valence-electron chi connectivity index (χ0n) is 10.9. The molecular formula is C16H17BrFN. The van der Waals surface area contributed by atoms with E-state index < -0.39 is 0 Å². The van der Waals surface area contributed by atoms with Gasteiger partial charge in [0, 0.05) is 23.1 Å². The van der Waals surface area contributed by atoms with Crippen molar-refractivity contribution in [2.24, 2.45) is 0 Å². The van der Waals surface area contributed by atoms with Crippen LogP contribution >= 0.6 is 15.9 Å². The van der Waals surface area contributed by atoms with Crippen LogP contribution in [0.25, 0.3) is 0 Å². The van der Waals surface area contributed by atoms with E-state index in [1.54, 1.807) is 6.07 Å². The van der Waals surface area contributed by atoms with Gasteiger partial charge in [-0.05, 0) is 35.7 Å². The third-order valence-corrected chi connectivity index (χ3v) is 3.63. The molecule has 2 rings (SSSR count). The van der Waals surface area contributed by atoms with Gasteiger partial charge in [0.15, 0.2) is 0 Å². The Morgan fingerprint density at radius 3 is 2.42 bits per heavy atom. The Hall–Kier alpha value is -1.19. The van der Waals surface area contributed by atoms with Crippen molar-refractivity contribution in [2.75, 3.05) is 0 Å². The van der Waals surface area contributed by atoms with Crippen molar-refractivity contribution in [1.29, 1.82) is 0 Å². The number of hydrogen-bond donors (Lipinski definition) is 1. The molecule has 3 heteroatoms. The minimum atomic E-state index is -0.167. The summed E-state index contributed by atoms with van der Waals surface area (Å²) in [5.74, 6) is -0.167. The number of nitrogens with one attached hydrogen (secondary N) is 1. The van der Waals surface area contributed by atoms with Crippen molar-refractivity contribution in [3.05, 3.63) is 69.4 Å². The highest BCUT2D eigenvalue weighted by Crippen LogP contribution is 2.16. The lowest BCUT2D eigenvalue weighted by Crippen LogP contribution is -2.14. The van der Waals surface area contributed by atoms with Crippen molar-refractivity contribution in [1.82, 2.24) is 5.32 Å². The molecule has 19 heavy (non-hydrogen) atoms. The minimum absolute atomic E-state index is 0.167. The fraction of sp³-hybridized carbons (Fsp3) is 0.250. The maximum absolute atomic E-state index is 13.6. The molecule has 100 valence electrons. The van der Waals surface area contributed by atoms with Gasteiger partial charge in [-0.15, -0.1) is 0 Å². The predicted octanol–water partition coefficient (Wildman–Crippen LogP) is 4.44. The lowest BCUT2D eigenvalue weighted by atomic mass is 10.1.